The van der Waals surface area contributed by atoms with Gasteiger partial charge in [0.2, 0.25) is 0 Å². The Hall–Kier alpha value is -1.83. The summed E-state index contributed by atoms with van der Waals surface area (Å²) in [4.78, 5) is 9.44. The zero-order chi connectivity index (χ0) is 20.9. The van der Waals surface area contributed by atoms with Gasteiger partial charge in [0.1, 0.15) is 5.75 Å². The summed E-state index contributed by atoms with van der Waals surface area (Å²) in [6.07, 6.45) is 0.878. The maximum atomic E-state index is 5.77. The summed E-state index contributed by atoms with van der Waals surface area (Å²) in [6.45, 7) is 13.8. The van der Waals surface area contributed by atoms with Gasteiger partial charge in [0, 0.05) is 78.2 Å². The third-order valence-electron chi connectivity index (χ3n) is 5.18. The summed E-state index contributed by atoms with van der Waals surface area (Å²) in [5.41, 5.74) is 0.964. The van der Waals surface area contributed by atoms with E-state index in [2.05, 4.69) is 39.3 Å². The lowest BCUT2D eigenvalue weighted by atomic mass is 10.1. The molecule has 2 N–H and O–H groups in total. The molecule has 2 rings (SSSR count). The van der Waals surface area contributed by atoms with Crippen LogP contribution in [-0.4, -0.2) is 88.9 Å². The number of nitrogens with zero attached hydrogens (tertiary/aromatic N) is 3. The first-order valence-corrected chi connectivity index (χ1v) is 10.8. The number of guanidine groups is 1. The Morgan fingerprint density at radius 3 is 2.62 bits per heavy atom. The number of hydrogen-bond donors (Lipinski definition) is 2. The summed E-state index contributed by atoms with van der Waals surface area (Å²) < 4.78 is 10.8. The Morgan fingerprint density at radius 2 is 1.93 bits per heavy atom. The van der Waals surface area contributed by atoms with Crippen molar-refractivity contribution in [1.82, 2.24) is 15.1 Å². The van der Waals surface area contributed by atoms with Crippen molar-refractivity contribution in [3.05, 3.63) is 24.3 Å². The van der Waals surface area contributed by atoms with Crippen LogP contribution < -0.4 is 15.4 Å². The number of benzene rings is 1. The highest BCUT2D eigenvalue weighted by atomic mass is 16.5. The van der Waals surface area contributed by atoms with Gasteiger partial charge in [-0.25, -0.2) is 0 Å². The van der Waals surface area contributed by atoms with Crippen molar-refractivity contribution in [2.75, 3.05) is 78.5 Å². The maximum Gasteiger partial charge on any atom is 0.195 e. The number of likely N-dealkylation sites (N-methyl/N-ethyl adjacent to an activating group) is 1. The first-order chi connectivity index (χ1) is 14.1. The van der Waals surface area contributed by atoms with Gasteiger partial charge in [0.15, 0.2) is 5.96 Å². The predicted molar refractivity (Wildman–Crippen MR) is 121 cm³/mol. The minimum absolute atomic E-state index is 0.553. The largest absolute Gasteiger partial charge is 0.493 e. The van der Waals surface area contributed by atoms with Crippen molar-refractivity contribution < 1.29 is 9.47 Å². The highest BCUT2D eigenvalue weighted by Gasteiger charge is 2.17. The predicted octanol–water partition coefficient (Wildman–Crippen LogP) is 2.36. The highest BCUT2D eigenvalue weighted by molar-refractivity contribution is 5.93. The molecule has 7 heteroatoms. The molecule has 1 fully saturated rings. The van der Waals surface area contributed by atoms with E-state index >= 15 is 0 Å². The van der Waals surface area contributed by atoms with Crippen molar-refractivity contribution in [1.29, 1.82) is 0 Å². The summed E-state index contributed by atoms with van der Waals surface area (Å²) in [7, 11) is 3.51. The molecule has 1 heterocycles. The minimum atomic E-state index is 0.553. The monoisotopic (exact) mass is 405 g/mol. The van der Waals surface area contributed by atoms with Gasteiger partial charge in [-0.15, -0.1) is 0 Å². The van der Waals surface area contributed by atoms with E-state index in [9.17, 15) is 0 Å². The Labute approximate surface area is 176 Å². The molecule has 0 amide bonds. The molecular weight excluding hydrogens is 366 g/mol. The number of methoxy groups -OCH3 is 1. The Balaban J connectivity index is 1.73. The second kappa shape index (κ2) is 13.4. The van der Waals surface area contributed by atoms with E-state index in [0.29, 0.717) is 19.1 Å². The molecule has 1 unspecified atom stereocenters. The first kappa shape index (κ1) is 23.4. The quantitative estimate of drug-likeness (QED) is 0.335. The number of nitrogens with one attached hydrogen (secondary N) is 2. The lowest BCUT2D eigenvalue weighted by molar-refractivity contribution is 0.124. The van der Waals surface area contributed by atoms with Crippen LogP contribution in [-0.2, 0) is 4.74 Å². The Kier molecular flexibility index (Phi) is 10.8. The van der Waals surface area contributed by atoms with Crippen LogP contribution in [0.2, 0.25) is 0 Å². The van der Waals surface area contributed by atoms with E-state index in [-0.39, 0.29) is 0 Å². The summed E-state index contributed by atoms with van der Waals surface area (Å²) in [5.74, 6) is 2.18. The smallest absolute Gasteiger partial charge is 0.195 e. The Bertz CT molecular complexity index is 603. The number of anilines is 1. The van der Waals surface area contributed by atoms with E-state index < -0.39 is 0 Å². The van der Waals surface area contributed by atoms with Gasteiger partial charge in [0.05, 0.1) is 6.61 Å². The number of piperazine rings is 1. The third kappa shape index (κ3) is 9.02. The molecule has 1 atom stereocenters. The zero-order valence-electron chi connectivity index (χ0n) is 18.6. The van der Waals surface area contributed by atoms with E-state index in [0.717, 1.165) is 43.5 Å². The second-order valence-electron chi connectivity index (χ2n) is 7.64. The van der Waals surface area contributed by atoms with Gasteiger partial charge in [-0.1, -0.05) is 19.9 Å². The van der Waals surface area contributed by atoms with E-state index in [1.807, 2.05) is 24.3 Å². The molecule has 1 saturated heterocycles. The topological polar surface area (TPSA) is 61.4 Å². The third-order valence-corrected chi connectivity index (χ3v) is 5.18. The fraction of sp³-hybridized carbons (Fsp3) is 0.682. The molecule has 29 heavy (non-hydrogen) atoms. The molecule has 0 bridgehead atoms. The molecule has 0 radical (unpaired) electrons. The van der Waals surface area contributed by atoms with Gasteiger partial charge in [-0.2, -0.15) is 0 Å². The summed E-state index contributed by atoms with van der Waals surface area (Å²) >= 11 is 0. The van der Waals surface area contributed by atoms with Gasteiger partial charge in [0.25, 0.3) is 0 Å². The van der Waals surface area contributed by atoms with Crippen LogP contribution in [0.15, 0.2) is 29.3 Å². The van der Waals surface area contributed by atoms with Crippen LogP contribution >= 0.6 is 0 Å². The average Bonchev–Trinajstić information content (AvgIpc) is 2.75. The molecule has 164 valence electrons. The summed E-state index contributed by atoms with van der Waals surface area (Å²) in [6, 6.07) is 7.97. The number of ether oxygens (including phenoxy) is 2. The first-order valence-electron chi connectivity index (χ1n) is 10.8. The second-order valence-corrected chi connectivity index (χ2v) is 7.64. The number of hydrogen-bond acceptors (Lipinski definition) is 5. The molecule has 0 spiro atoms. The molecule has 0 aromatic heterocycles. The van der Waals surface area contributed by atoms with Crippen LogP contribution in [0.5, 0.6) is 5.75 Å². The van der Waals surface area contributed by atoms with Crippen molar-refractivity contribution >= 4 is 11.6 Å². The van der Waals surface area contributed by atoms with Crippen molar-refractivity contribution in [2.24, 2.45) is 10.9 Å². The molecular formula is C22H39N5O2. The summed E-state index contributed by atoms with van der Waals surface area (Å²) in [5, 5.41) is 6.81. The van der Waals surface area contributed by atoms with Crippen LogP contribution in [0.3, 0.4) is 0 Å². The lowest BCUT2D eigenvalue weighted by Gasteiger charge is -2.35. The molecule has 1 aliphatic heterocycles. The standard InChI is InChI=1S/C22H39N5O2/c1-5-26-10-12-27(13-11-26)18-19(2)17-24-22(23-3)25-20-8-6-9-21(16-20)29-15-7-14-28-4/h6,8-9,16,19H,5,7,10-15,17-18H2,1-4H3,(H2,23,24,25). The number of rotatable bonds is 11. The van der Waals surface area contributed by atoms with Crippen LogP contribution in [0.1, 0.15) is 20.3 Å². The van der Waals surface area contributed by atoms with Crippen LogP contribution in [0, 0.1) is 5.92 Å². The molecule has 7 nitrogen and oxygen atoms in total. The van der Waals surface area contributed by atoms with Gasteiger partial charge >= 0.3 is 0 Å². The SMILES string of the molecule is CCN1CCN(CC(C)CNC(=NC)Nc2cccc(OCCCOC)c2)CC1. The van der Waals surface area contributed by atoms with Gasteiger partial charge < -0.3 is 29.9 Å². The fourth-order valence-corrected chi connectivity index (χ4v) is 3.44. The fourth-order valence-electron chi connectivity index (χ4n) is 3.44. The van der Waals surface area contributed by atoms with Gasteiger partial charge in [-0.05, 0) is 24.6 Å². The number of aliphatic imine (C=N–C) groups is 1. The van der Waals surface area contributed by atoms with Gasteiger partial charge in [-0.3, -0.25) is 4.99 Å². The maximum absolute atomic E-state index is 5.77. The molecule has 1 aromatic rings. The van der Waals surface area contributed by atoms with E-state index in [4.69, 9.17) is 9.47 Å². The van der Waals surface area contributed by atoms with Crippen LogP contribution in [0.4, 0.5) is 5.69 Å². The molecule has 0 aliphatic carbocycles. The molecule has 0 saturated carbocycles. The molecule has 1 aliphatic rings. The lowest BCUT2D eigenvalue weighted by Crippen LogP contribution is -2.48. The molecule has 1 aromatic carbocycles. The zero-order valence-corrected chi connectivity index (χ0v) is 18.6. The average molecular weight is 406 g/mol. The Morgan fingerprint density at radius 1 is 1.17 bits per heavy atom. The normalized spacial score (nSPS) is 17.2. The van der Waals surface area contributed by atoms with Crippen LogP contribution in [0.25, 0.3) is 0 Å². The van der Waals surface area contributed by atoms with E-state index in [1.165, 1.54) is 26.2 Å². The van der Waals surface area contributed by atoms with E-state index in [1.54, 1.807) is 14.2 Å². The van der Waals surface area contributed by atoms with Crippen molar-refractivity contribution in [3.63, 3.8) is 0 Å². The van der Waals surface area contributed by atoms with Crippen molar-refractivity contribution in [2.45, 2.75) is 20.3 Å². The van der Waals surface area contributed by atoms with Crippen molar-refractivity contribution in [3.8, 4) is 5.75 Å². The highest BCUT2D eigenvalue weighted by Crippen LogP contribution is 2.17. The minimum Gasteiger partial charge on any atom is -0.493 e.